The van der Waals surface area contributed by atoms with Crippen molar-refractivity contribution in [3.63, 3.8) is 0 Å². The minimum atomic E-state index is -0.898. The lowest BCUT2D eigenvalue weighted by Gasteiger charge is -2.29. The van der Waals surface area contributed by atoms with Gasteiger partial charge in [0.2, 0.25) is 0 Å². The van der Waals surface area contributed by atoms with E-state index in [2.05, 4.69) is 27.7 Å². The monoisotopic (exact) mass is 460 g/mol. The van der Waals surface area contributed by atoms with E-state index in [0.29, 0.717) is 18.0 Å². The number of nitrogens with zero attached hydrogens (tertiary/aromatic N) is 2. The van der Waals surface area contributed by atoms with Gasteiger partial charge in [0.25, 0.3) is 0 Å². The highest BCUT2D eigenvalue weighted by Gasteiger charge is 2.44. The average molecular weight is 461 g/mol. The first-order chi connectivity index (χ1) is 16.6. The second kappa shape index (κ2) is 8.14. The molecule has 3 aliphatic rings. The molecule has 0 spiro atoms. The van der Waals surface area contributed by atoms with E-state index in [0.717, 1.165) is 54.7 Å². The summed E-state index contributed by atoms with van der Waals surface area (Å²) in [7, 11) is 0. The summed E-state index contributed by atoms with van der Waals surface area (Å²) in [4.78, 5) is 14.2. The summed E-state index contributed by atoms with van der Waals surface area (Å²) < 4.78 is 2.36. The highest BCUT2D eigenvalue weighted by Crippen LogP contribution is 2.51. The van der Waals surface area contributed by atoms with Crippen LogP contribution in [0.1, 0.15) is 65.9 Å². The van der Waals surface area contributed by atoms with Crippen molar-refractivity contribution in [1.82, 2.24) is 4.57 Å². The Hall–Kier alpha value is -2.83. The molecular formula is C28H32N2O4. The summed E-state index contributed by atoms with van der Waals surface area (Å²) in [6.07, 6.45) is 6.95. The van der Waals surface area contributed by atoms with Crippen LogP contribution in [0.2, 0.25) is 0 Å². The third kappa shape index (κ3) is 3.05. The molecule has 0 atom stereocenters. The zero-order valence-corrected chi connectivity index (χ0v) is 19.5. The van der Waals surface area contributed by atoms with Crippen molar-refractivity contribution in [3.8, 4) is 11.3 Å². The van der Waals surface area contributed by atoms with E-state index in [1.54, 1.807) is 6.07 Å². The zero-order chi connectivity index (χ0) is 23.4. The number of hydrogen-bond donors (Lipinski definition) is 3. The smallest absolute Gasteiger partial charge is 0.335 e. The quantitative estimate of drug-likeness (QED) is 0.534. The molecule has 6 nitrogen and oxygen atoms in total. The molecule has 2 aromatic carbocycles. The normalized spacial score (nSPS) is 19.5. The van der Waals surface area contributed by atoms with Gasteiger partial charge in [-0.2, -0.15) is 0 Å². The Labute approximate surface area is 199 Å². The van der Waals surface area contributed by atoms with Gasteiger partial charge >= 0.3 is 5.97 Å². The molecule has 0 saturated heterocycles. The minimum Gasteiger partial charge on any atom is -0.478 e. The van der Waals surface area contributed by atoms with Crippen LogP contribution in [0.5, 0.6) is 0 Å². The number of para-hydroxylation sites is 1. The maximum atomic E-state index is 11.8. The first-order valence-electron chi connectivity index (χ1n) is 12.6. The fourth-order valence-electron chi connectivity index (χ4n) is 6.80. The van der Waals surface area contributed by atoms with Gasteiger partial charge in [-0.05, 0) is 48.4 Å². The fraction of sp³-hybridized carbons (Fsp3) is 0.464. The van der Waals surface area contributed by atoms with E-state index in [-0.39, 0.29) is 13.2 Å². The summed E-state index contributed by atoms with van der Waals surface area (Å²) >= 11 is 0. The Kier molecular flexibility index (Phi) is 5.19. The summed E-state index contributed by atoms with van der Waals surface area (Å²) in [6, 6.07) is 11.9. The first-order valence-corrected chi connectivity index (χ1v) is 12.6. The number of carbonyl (C=O) groups is 1. The SMILES string of the molecule is O=C(O)c1ccc2c(C3CCCCC3)c3n(c2c1)CCCN1CC(CO)(CO)c2cccc-3c21. The van der Waals surface area contributed by atoms with Crippen LogP contribution in [0.25, 0.3) is 22.2 Å². The zero-order valence-electron chi connectivity index (χ0n) is 19.5. The number of aromatic carboxylic acids is 1. The topological polar surface area (TPSA) is 85.9 Å². The second-order valence-electron chi connectivity index (χ2n) is 10.4. The molecule has 1 aliphatic carbocycles. The van der Waals surface area contributed by atoms with Gasteiger partial charge in [-0.3, -0.25) is 0 Å². The molecule has 2 aliphatic heterocycles. The number of anilines is 1. The molecule has 0 radical (unpaired) electrons. The standard InChI is InChI=1S/C28H32N2O4/c31-16-28(17-32)15-29-12-5-13-30-23-14-19(27(33)34)10-11-20(23)24(18-6-2-1-3-7-18)26(30)21-8-4-9-22(28)25(21)29/h4,8-11,14,18,31-32H,1-3,5-7,12-13,15-17H2,(H,33,34). The van der Waals surface area contributed by atoms with Crippen LogP contribution in [-0.4, -0.2) is 52.2 Å². The lowest BCUT2D eigenvalue weighted by Crippen LogP contribution is -2.40. The van der Waals surface area contributed by atoms with Crippen molar-refractivity contribution < 1.29 is 20.1 Å². The molecule has 3 heterocycles. The van der Waals surface area contributed by atoms with Gasteiger partial charge in [0.1, 0.15) is 0 Å². The summed E-state index contributed by atoms with van der Waals surface area (Å²) in [5.41, 5.74) is 6.53. The molecular weight excluding hydrogens is 428 g/mol. The van der Waals surface area contributed by atoms with Crippen LogP contribution in [0.15, 0.2) is 36.4 Å². The Bertz CT molecular complexity index is 1270. The number of hydrogen-bond acceptors (Lipinski definition) is 4. The number of aromatic nitrogens is 1. The number of benzene rings is 2. The predicted molar refractivity (Wildman–Crippen MR) is 133 cm³/mol. The number of fused-ring (bicyclic) bond motifs is 4. The molecule has 178 valence electrons. The second-order valence-corrected chi connectivity index (χ2v) is 10.4. The lowest BCUT2D eigenvalue weighted by molar-refractivity contribution is 0.0697. The van der Waals surface area contributed by atoms with Gasteiger partial charge in [0.05, 0.1) is 35.6 Å². The van der Waals surface area contributed by atoms with E-state index >= 15 is 0 Å². The van der Waals surface area contributed by atoms with E-state index < -0.39 is 11.4 Å². The van der Waals surface area contributed by atoms with E-state index in [1.807, 2.05) is 12.1 Å². The fourth-order valence-corrected chi connectivity index (χ4v) is 6.80. The maximum Gasteiger partial charge on any atom is 0.335 e. The van der Waals surface area contributed by atoms with Gasteiger partial charge in [-0.1, -0.05) is 43.5 Å². The van der Waals surface area contributed by atoms with Gasteiger partial charge in [0, 0.05) is 36.1 Å². The molecule has 1 saturated carbocycles. The highest BCUT2D eigenvalue weighted by molar-refractivity contribution is 6.00. The maximum absolute atomic E-state index is 11.8. The molecule has 6 heteroatoms. The Morgan fingerprint density at radius 2 is 1.79 bits per heavy atom. The number of carboxylic acid groups (broad SMARTS) is 1. The van der Waals surface area contributed by atoms with Crippen LogP contribution < -0.4 is 4.90 Å². The van der Waals surface area contributed by atoms with Crippen molar-refractivity contribution in [2.45, 2.75) is 56.4 Å². The van der Waals surface area contributed by atoms with Crippen molar-refractivity contribution in [3.05, 3.63) is 53.1 Å². The molecule has 1 fully saturated rings. The first kappa shape index (κ1) is 21.7. The van der Waals surface area contributed by atoms with Crippen LogP contribution in [0.4, 0.5) is 5.69 Å². The van der Waals surface area contributed by atoms with Gasteiger partial charge in [-0.25, -0.2) is 4.79 Å². The predicted octanol–water partition coefficient (Wildman–Crippen LogP) is 4.50. The van der Waals surface area contributed by atoms with Gasteiger partial charge in [0.15, 0.2) is 0 Å². The van der Waals surface area contributed by atoms with Crippen molar-refractivity contribution in [2.75, 3.05) is 31.2 Å². The largest absolute Gasteiger partial charge is 0.478 e. The summed E-state index contributed by atoms with van der Waals surface area (Å²) in [6.45, 7) is 2.09. The van der Waals surface area contributed by atoms with Crippen molar-refractivity contribution in [1.29, 1.82) is 0 Å². The van der Waals surface area contributed by atoms with Gasteiger partial charge in [-0.15, -0.1) is 0 Å². The summed E-state index contributed by atoms with van der Waals surface area (Å²) in [5, 5.41) is 31.5. The van der Waals surface area contributed by atoms with Crippen molar-refractivity contribution in [2.24, 2.45) is 0 Å². The molecule has 3 aromatic rings. The molecule has 0 unspecified atom stereocenters. The van der Waals surface area contributed by atoms with Crippen LogP contribution in [0, 0.1) is 0 Å². The number of rotatable bonds is 4. The lowest BCUT2D eigenvalue weighted by atomic mass is 9.80. The van der Waals surface area contributed by atoms with Crippen molar-refractivity contribution >= 4 is 22.6 Å². The number of aliphatic hydroxyl groups excluding tert-OH is 2. The molecule has 6 rings (SSSR count). The van der Waals surface area contributed by atoms with Crippen LogP contribution in [0.3, 0.4) is 0 Å². The van der Waals surface area contributed by atoms with Gasteiger partial charge < -0.3 is 24.8 Å². The number of aliphatic hydroxyl groups is 2. The Morgan fingerprint density at radius 1 is 1.00 bits per heavy atom. The third-order valence-electron chi connectivity index (χ3n) is 8.45. The minimum absolute atomic E-state index is 0.0864. The molecule has 0 bridgehead atoms. The number of aryl methyl sites for hydroxylation is 1. The Balaban J connectivity index is 1.68. The van der Waals surface area contributed by atoms with Crippen LogP contribution in [-0.2, 0) is 12.0 Å². The van der Waals surface area contributed by atoms with E-state index in [1.165, 1.54) is 35.9 Å². The third-order valence-corrected chi connectivity index (χ3v) is 8.45. The highest BCUT2D eigenvalue weighted by atomic mass is 16.4. The molecule has 0 amide bonds. The van der Waals surface area contributed by atoms with Crippen LogP contribution >= 0.6 is 0 Å². The Morgan fingerprint density at radius 3 is 2.53 bits per heavy atom. The van der Waals surface area contributed by atoms with E-state index in [9.17, 15) is 20.1 Å². The number of carboxylic acids is 1. The van der Waals surface area contributed by atoms with E-state index in [4.69, 9.17) is 0 Å². The molecule has 3 N–H and O–H groups in total. The summed E-state index contributed by atoms with van der Waals surface area (Å²) in [5.74, 6) is -0.446. The molecule has 1 aromatic heterocycles. The molecule has 34 heavy (non-hydrogen) atoms. The average Bonchev–Trinajstić information content (AvgIpc) is 3.36.